The topological polar surface area (TPSA) is 61.0 Å². The maximum Gasteiger partial charge on any atom is 0.287 e. The summed E-state index contributed by atoms with van der Waals surface area (Å²) in [6.07, 6.45) is 5.23. The smallest absolute Gasteiger partial charge is 0.287 e. The Hall–Kier alpha value is -2.14. The number of imidazole rings is 1. The first kappa shape index (κ1) is 13.8. The number of H-pyrrole nitrogens is 1. The number of benzene rings is 1. The van der Waals surface area contributed by atoms with E-state index >= 15 is 0 Å². The summed E-state index contributed by atoms with van der Waals surface area (Å²) >= 11 is 0. The Labute approximate surface area is 124 Å². The van der Waals surface area contributed by atoms with Crippen LogP contribution < -0.4 is 5.32 Å². The first-order chi connectivity index (χ1) is 10.3. The van der Waals surface area contributed by atoms with Gasteiger partial charge in [0.1, 0.15) is 0 Å². The zero-order valence-corrected chi connectivity index (χ0v) is 12.0. The van der Waals surface area contributed by atoms with Crippen LogP contribution in [-0.4, -0.2) is 39.9 Å². The molecular formula is C16H20N4O. The van der Waals surface area contributed by atoms with Gasteiger partial charge in [-0.05, 0) is 18.4 Å². The number of carbonyl (C=O) groups excluding carboxylic acids is 1. The summed E-state index contributed by atoms with van der Waals surface area (Å²) in [4.78, 5) is 21.2. The molecule has 1 saturated heterocycles. The highest BCUT2D eigenvalue weighted by atomic mass is 16.2. The van der Waals surface area contributed by atoms with Crippen LogP contribution in [0.1, 0.15) is 29.0 Å². The molecule has 1 amide bonds. The van der Waals surface area contributed by atoms with Crippen molar-refractivity contribution in [1.82, 2.24) is 20.2 Å². The number of aromatic nitrogens is 2. The molecule has 2 heterocycles. The molecule has 5 nitrogen and oxygen atoms in total. The van der Waals surface area contributed by atoms with Crippen molar-refractivity contribution in [2.45, 2.75) is 25.4 Å². The lowest BCUT2D eigenvalue weighted by molar-refractivity contribution is 0.0899. The lowest BCUT2D eigenvalue weighted by atomic mass is 10.0. The first-order valence-corrected chi connectivity index (χ1v) is 7.38. The van der Waals surface area contributed by atoms with Gasteiger partial charge in [0.05, 0.1) is 0 Å². The summed E-state index contributed by atoms with van der Waals surface area (Å²) in [6, 6.07) is 10.8. The van der Waals surface area contributed by atoms with Crippen molar-refractivity contribution in [3.63, 3.8) is 0 Å². The molecule has 2 N–H and O–H groups in total. The fourth-order valence-electron chi connectivity index (χ4n) is 2.72. The maximum atomic E-state index is 11.9. The second kappa shape index (κ2) is 6.54. The second-order valence-electron chi connectivity index (χ2n) is 5.45. The minimum absolute atomic E-state index is 0.110. The van der Waals surface area contributed by atoms with Gasteiger partial charge in [-0.3, -0.25) is 9.69 Å². The van der Waals surface area contributed by atoms with Gasteiger partial charge in [-0.25, -0.2) is 4.98 Å². The monoisotopic (exact) mass is 284 g/mol. The Bertz CT molecular complexity index is 559. The van der Waals surface area contributed by atoms with E-state index in [4.69, 9.17) is 0 Å². The van der Waals surface area contributed by atoms with Crippen molar-refractivity contribution < 1.29 is 4.79 Å². The summed E-state index contributed by atoms with van der Waals surface area (Å²) in [5, 5.41) is 3.05. The molecule has 1 aromatic heterocycles. The molecule has 1 fully saturated rings. The van der Waals surface area contributed by atoms with Gasteiger partial charge in [-0.15, -0.1) is 0 Å². The quantitative estimate of drug-likeness (QED) is 0.900. The number of nitrogens with zero attached hydrogens (tertiary/aromatic N) is 2. The fourth-order valence-corrected chi connectivity index (χ4v) is 2.72. The number of piperidine rings is 1. The SMILES string of the molecule is O=C(NC1CCN(Cc2ccccc2)CC1)c1ncc[nH]1. The Morgan fingerprint density at radius 1 is 1.29 bits per heavy atom. The third-order valence-corrected chi connectivity index (χ3v) is 3.89. The highest BCUT2D eigenvalue weighted by Gasteiger charge is 2.21. The van der Waals surface area contributed by atoms with Crippen molar-refractivity contribution >= 4 is 5.91 Å². The van der Waals surface area contributed by atoms with Gasteiger partial charge in [0.2, 0.25) is 0 Å². The lowest BCUT2D eigenvalue weighted by Crippen LogP contribution is -2.44. The van der Waals surface area contributed by atoms with Crippen LogP contribution in [0.3, 0.4) is 0 Å². The van der Waals surface area contributed by atoms with E-state index in [0.29, 0.717) is 5.82 Å². The molecule has 0 saturated carbocycles. The molecule has 1 aliphatic rings. The van der Waals surface area contributed by atoms with Gasteiger partial charge in [-0.1, -0.05) is 30.3 Å². The van der Waals surface area contributed by atoms with Crippen LogP contribution in [0.2, 0.25) is 0 Å². The number of amides is 1. The third kappa shape index (κ3) is 3.70. The minimum atomic E-state index is -0.110. The highest BCUT2D eigenvalue weighted by Crippen LogP contribution is 2.14. The van der Waals surface area contributed by atoms with Gasteiger partial charge in [0.15, 0.2) is 5.82 Å². The maximum absolute atomic E-state index is 11.9. The van der Waals surface area contributed by atoms with Gasteiger partial charge >= 0.3 is 0 Å². The average molecular weight is 284 g/mol. The van der Waals surface area contributed by atoms with E-state index in [9.17, 15) is 4.79 Å². The van der Waals surface area contributed by atoms with Crippen molar-refractivity contribution in [1.29, 1.82) is 0 Å². The first-order valence-electron chi connectivity index (χ1n) is 7.38. The Kier molecular flexibility index (Phi) is 4.31. The summed E-state index contributed by atoms with van der Waals surface area (Å²) in [5.41, 5.74) is 1.34. The van der Waals surface area contributed by atoms with E-state index in [1.54, 1.807) is 12.4 Å². The Morgan fingerprint density at radius 2 is 2.05 bits per heavy atom. The van der Waals surface area contributed by atoms with E-state index in [1.165, 1.54) is 5.56 Å². The molecule has 0 aliphatic carbocycles. The molecule has 0 radical (unpaired) electrons. The van der Waals surface area contributed by atoms with Gasteiger partial charge in [0, 0.05) is 38.1 Å². The molecule has 1 aromatic carbocycles. The average Bonchev–Trinajstić information content (AvgIpc) is 3.05. The molecule has 21 heavy (non-hydrogen) atoms. The number of hydrogen-bond acceptors (Lipinski definition) is 3. The summed E-state index contributed by atoms with van der Waals surface area (Å²) in [5.74, 6) is 0.281. The van der Waals surface area contributed by atoms with Crippen LogP contribution in [-0.2, 0) is 6.54 Å². The molecule has 110 valence electrons. The van der Waals surface area contributed by atoms with Gasteiger partial charge < -0.3 is 10.3 Å². The zero-order chi connectivity index (χ0) is 14.5. The molecule has 0 unspecified atom stereocenters. The number of likely N-dealkylation sites (tertiary alicyclic amines) is 1. The molecule has 0 atom stereocenters. The number of aromatic amines is 1. The van der Waals surface area contributed by atoms with E-state index in [-0.39, 0.29) is 11.9 Å². The molecule has 0 bridgehead atoms. The van der Waals surface area contributed by atoms with E-state index < -0.39 is 0 Å². The molecule has 3 rings (SSSR count). The molecular weight excluding hydrogens is 264 g/mol. The molecule has 0 spiro atoms. The van der Waals surface area contributed by atoms with Crippen molar-refractivity contribution in [2.75, 3.05) is 13.1 Å². The van der Waals surface area contributed by atoms with Crippen LogP contribution in [0.4, 0.5) is 0 Å². The van der Waals surface area contributed by atoms with E-state index in [0.717, 1.165) is 32.5 Å². The standard InChI is InChI=1S/C16H20N4O/c21-16(15-17-8-9-18-15)19-14-6-10-20(11-7-14)12-13-4-2-1-3-5-13/h1-5,8-9,14H,6-7,10-12H2,(H,17,18)(H,19,21). The van der Waals surface area contributed by atoms with Gasteiger partial charge in [-0.2, -0.15) is 0 Å². The number of hydrogen-bond donors (Lipinski definition) is 2. The van der Waals surface area contributed by atoms with Crippen LogP contribution in [0, 0.1) is 0 Å². The molecule has 5 heteroatoms. The molecule has 2 aromatic rings. The predicted octanol–water partition coefficient (Wildman–Crippen LogP) is 1.80. The second-order valence-corrected chi connectivity index (χ2v) is 5.45. The minimum Gasteiger partial charge on any atom is -0.347 e. The fraction of sp³-hybridized carbons (Fsp3) is 0.375. The van der Waals surface area contributed by atoms with Crippen LogP contribution in [0.25, 0.3) is 0 Å². The van der Waals surface area contributed by atoms with Crippen LogP contribution in [0.15, 0.2) is 42.7 Å². The van der Waals surface area contributed by atoms with E-state index in [1.807, 2.05) is 6.07 Å². The van der Waals surface area contributed by atoms with Gasteiger partial charge in [0.25, 0.3) is 5.91 Å². The van der Waals surface area contributed by atoms with Crippen LogP contribution >= 0.6 is 0 Å². The summed E-state index contributed by atoms with van der Waals surface area (Å²) in [7, 11) is 0. The Morgan fingerprint density at radius 3 is 2.71 bits per heavy atom. The Balaban J connectivity index is 1.46. The third-order valence-electron chi connectivity index (χ3n) is 3.89. The van der Waals surface area contributed by atoms with Crippen molar-refractivity contribution in [2.24, 2.45) is 0 Å². The van der Waals surface area contributed by atoms with Crippen LogP contribution in [0.5, 0.6) is 0 Å². The largest absolute Gasteiger partial charge is 0.347 e. The molecule has 1 aliphatic heterocycles. The van der Waals surface area contributed by atoms with E-state index in [2.05, 4.69) is 44.5 Å². The van der Waals surface area contributed by atoms with Crippen molar-refractivity contribution in [3.8, 4) is 0 Å². The van der Waals surface area contributed by atoms with Crippen molar-refractivity contribution in [3.05, 3.63) is 54.1 Å². The number of rotatable bonds is 4. The zero-order valence-electron chi connectivity index (χ0n) is 12.0. The normalized spacial score (nSPS) is 16.8. The number of carbonyl (C=O) groups is 1. The highest BCUT2D eigenvalue weighted by molar-refractivity contribution is 5.90. The predicted molar refractivity (Wildman–Crippen MR) is 80.8 cm³/mol. The number of nitrogens with one attached hydrogen (secondary N) is 2. The lowest BCUT2D eigenvalue weighted by Gasteiger charge is -2.32. The summed E-state index contributed by atoms with van der Waals surface area (Å²) < 4.78 is 0. The summed E-state index contributed by atoms with van der Waals surface area (Å²) in [6.45, 7) is 3.01.